The Balaban J connectivity index is 1.85. The second kappa shape index (κ2) is 6.49. The molecule has 0 radical (unpaired) electrons. The first-order valence-electron chi connectivity index (χ1n) is 7.22. The summed E-state index contributed by atoms with van der Waals surface area (Å²) in [5.74, 6) is -0.840. The first-order valence-corrected chi connectivity index (χ1v) is 7.60. The van der Waals surface area contributed by atoms with Crippen molar-refractivity contribution in [2.24, 2.45) is 0 Å². The number of para-hydroxylation sites is 2. The van der Waals surface area contributed by atoms with Crippen LogP contribution in [0.15, 0.2) is 42.5 Å². The second-order valence-electron chi connectivity index (χ2n) is 5.27. The van der Waals surface area contributed by atoms with Crippen molar-refractivity contribution in [3.8, 4) is 5.75 Å². The molecule has 0 aromatic heterocycles. The molecule has 1 fully saturated rings. The monoisotopic (exact) mass is 348 g/mol. The summed E-state index contributed by atoms with van der Waals surface area (Å²) in [6.07, 6.45) is -0.00806. The topological polar surface area (TPSA) is 58.6 Å². The summed E-state index contributed by atoms with van der Waals surface area (Å²) in [5.41, 5.74) is 0.867. The molecule has 5 nitrogen and oxygen atoms in total. The third-order valence-electron chi connectivity index (χ3n) is 3.74. The fourth-order valence-corrected chi connectivity index (χ4v) is 2.77. The molecule has 1 aliphatic rings. The molecule has 0 spiro atoms. The van der Waals surface area contributed by atoms with Crippen LogP contribution < -0.4 is 15.0 Å². The minimum atomic E-state index is -0.724. The normalized spacial score (nSPS) is 17.3. The van der Waals surface area contributed by atoms with Gasteiger partial charge in [0.1, 0.15) is 17.6 Å². The van der Waals surface area contributed by atoms with Gasteiger partial charge in [-0.25, -0.2) is 9.29 Å². The standard InChI is InChI=1S/C17H14ClFN2O3/c1-24-15-5-3-2-4-13(15)20-14-9-16(22)21(17(14)23)10-6-7-12(19)11(18)8-10/h2-8,14,20H,9H2,1H3/t14-/m0/s1. The van der Waals surface area contributed by atoms with Crippen LogP contribution in [0.4, 0.5) is 15.8 Å². The predicted molar refractivity (Wildman–Crippen MR) is 88.9 cm³/mol. The Morgan fingerprint density at radius 1 is 1.25 bits per heavy atom. The van der Waals surface area contributed by atoms with Gasteiger partial charge in [0.25, 0.3) is 5.91 Å². The molecule has 7 heteroatoms. The summed E-state index contributed by atoms with van der Waals surface area (Å²) >= 11 is 5.74. The van der Waals surface area contributed by atoms with Crippen LogP contribution in [-0.4, -0.2) is 25.0 Å². The molecule has 124 valence electrons. The number of rotatable bonds is 4. The number of nitrogens with one attached hydrogen (secondary N) is 1. The number of hydrogen-bond acceptors (Lipinski definition) is 4. The summed E-state index contributed by atoms with van der Waals surface area (Å²) in [7, 11) is 1.52. The number of methoxy groups -OCH3 is 1. The van der Waals surface area contributed by atoms with Crippen LogP contribution >= 0.6 is 11.6 Å². The number of anilines is 2. The van der Waals surface area contributed by atoms with Crippen LogP contribution in [0, 0.1) is 5.82 Å². The third-order valence-corrected chi connectivity index (χ3v) is 4.03. The van der Waals surface area contributed by atoms with Crippen LogP contribution in [0.3, 0.4) is 0 Å². The summed E-state index contributed by atoms with van der Waals surface area (Å²) in [4.78, 5) is 25.8. The van der Waals surface area contributed by atoms with E-state index in [2.05, 4.69) is 5.32 Å². The van der Waals surface area contributed by atoms with Gasteiger partial charge < -0.3 is 10.1 Å². The van der Waals surface area contributed by atoms with Crippen LogP contribution in [0.2, 0.25) is 5.02 Å². The van der Waals surface area contributed by atoms with Gasteiger partial charge in [-0.05, 0) is 30.3 Å². The number of ether oxygens (including phenoxy) is 1. The smallest absolute Gasteiger partial charge is 0.256 e. The first-order chi connectivity index (χ1) is 11.5. The predicted octanol–water partition coefficient (Wildman–Crippen LogP) is 3.23. The molecule has 2 aromatic carbocycles. The van der Waals surface area contributed by atoms with E-state index < -0.39 is 17.8 Å². The van der Waals surface area contributed by atoms with Crippen molar-refractivity contribution in [2.75, 3.05) is 17.3 Å². The van der Waals surface area contributed by atoms with Crippen LogP contribution in [0.5, 0.6) is 5.75 Å². The van der Waals surface area contributed by atoms with Gasteiger partial charge in [0.15, 0.2) is 0 Å². The van der Waals surface area contributed by atoms with E-state index in [9.17, 15) is 14.0 Å². The van der Waals surface area contributed by atoms with E-state index in [1.54, 1.807) is 24.3 Å². The molecule has 1 atom stereocenters. The zero-order valence-electron chi connectivity index (χ0n) is 12.8. The zero-order valence-corrected chi connectivity index (χ0v) is 13.5. The van der Waals surface area contributed by atoms with Crippen molar-refractivity contribution in [1.29, 1.82) is 0 Å². The molecule has 0 saturated carbocycles. The van der Waals surface area contributed by atoms with Crippen molar-refractivity contribution >= 4 is 34.8 Å². The SMILES string of the molecule is COc1ccccc1N[C@H]1CC(=O)N(c2ccc(F)c(Cl)c2)C1=O. The Morgan fingerprint density at radius 3 is 2.71 bits per heavy atom. The lowest BCUT2D eigenvalue weighted by molar-refractivity contribution is -0.121. The van der Waals surface area contributed by atoms with Crippen LogP contribution in [0.25, 0.3) is 0 Å². The van der Waals surface area contributed by atoms with E-state index in [1.807, 2.05) is 0 Å². The van der Waals surface area contributed by atoms with Gasteiger partial charge >= 0.3 is 0 Å². The fourth-order valence-electron chi connectivity index (χ4n) is 2.59. The lowest BCUT2D eigenvalue weighted by Crippen LogP contribution is -2.34. The molecule has 0 bridgehead atoms. The van der Waals surface area contributed by atoms with E-state index in [1.165, 1.54) is 19.2 Å². The molecular formula is C17H14ClFN2O3. The van der Waals surface area contributed by atoms with Gasteiger partial charge in [-0.2, -0.15) is 0 Å². The number of carbonyl (C=O) groups excluding carboxylic acids is 2. The Hall–Kier alpha value is -2.60. The molecule has 2 aromatic rings. The van der Waals surface area contributed by atoms with Gasteiger partial charge in [-0.1, -0.05) is 23.7 Å². The maximum Gasteiger partial charge on any atom is 0.256 e. The Labute approximate surface area is 143 Å². The van der Waals surface area contributed by atoms with Gasteiger partial charge in [0.05, 0.1) is 29.9 Å². The highest BCUT2D eigenvalue weighted by Crippen LogP contribution is 2.30. The molecule has 2 amide bonds. The van der Waals surface area contributed by atoms with E-state index in [4.69, 9.17) is 16.3 Å². The second-order valence-corrected chi connectivity index (χ2v) is 5.67. The maximum atomic E-state index is 13.3. The van der Waals surface area contributed by atoms with E-state index >= 15 is 0 Å². The van der Waals surface area contributed by atoms with Crippen molar-refractivity contribution in [3.05, 3.63) is 53.3 Å². The number of halogens is 2. The number of amides is 2. The largest absolute Gasteiger partial charge is 0.495 e. The minimum Gasteiger partial charge on any atom is -0.495 e. The molecule has 0 unspecified atom stereocenters. The highest BCUT2D eigenvalue weighted by molar-refractivity contribution is 6.31. The Bertz CT molecular complexity index is 812. The molecular weight excluding hydrogens is 335 g/mol. The lowest BCUT2D eigenvalue weighted by atomic mass is 10.2. The van der Waals surface area contributed by atoms with Crippen molar-refractivity contribution in [2.45, 2.75) is 12.5 Å². The number of benzene rings is 2. The Morgan fingerprint density at radius 2 is 2.00 bits per heavy atom. The molecule has 1 aliphatic heterocycles. The van der Waals surface area contributed by atoms with Gasteiger partial charge in [-0.15, -0.1) is 0 Å². The summed E-state index contributed by atoms with van der Waals surface area (Å²) < 4.78 is 18.5. The maximum absolute atomic E-state index is 13.3. The average molecular weight is 349 g/mol. The van der Waals surface area contributed by atoms with Crippen LogP contribution in [0.1, 0.15) is 6.42 Å². The summed E-state index contributed by atoms with van der Waals surface area (Å²) in [5, 5.41) is 2.88. The molecule has 1 saturated heterocycles. The average Bonchev–Trinajstić information content (AvgIpc) is 2.85. The number of imide groups is 1. The molecule has 1 N–H and O–H groups in total. The first kappa shape index (κ1) is 16.3. The quantitative estimate of drug-likeness (QED) is 0.862. The summed E-state index contributed by atoms with van der Waals surface area (Å²) in [6.45, 7) is 0. The molecule has 1 heterocycles. The Kier molecular flexibility index (Phi) is 4.40. The van der Waals surface area contributed by atoms with Crippen molar-refractivity contribution < 1.29 is 18.7 Å². The lowest BCUT2D eigenvalue weighted by Gasteiger charge is -2.17. The van der Waals surface area contributed by atoms with Gasteiger partial charge in [0, 0.05) is 0 Å². The van der Waals surface area contributed by atoms with Crippen molar-refractivity contribution in [1.82, 2.24) is 0 Å². The number of nitrogens with zero attached hydrogens (tertiary/aromatic N) is 1. The zero-order chi connectivity index (χ0) is 17.3. The van der Waals surface area contributed by atoms with Gasteiger partial charge in [0.2, 0.25) is 5.91 Å². The number of carbonyl (C=O) groups is 2. The molecule has 24 heavy (non-hydrogen) atoms. The van der Waals surface area contributed by atoms with E-state index in [-0.39, 0.29) is 23.0 Å². The third kappa shape index (κ3) is 2.92. The fraction of sp³-hybridized carbons (Fsp3) is 0.176. The highest BCUT2D eigenvalue weighted by atomic mass is 35.5. The van der Waals surface area contributed by atoms with E-state index in [0.717, 1.165) is 11.0 Å². The minimum absolute atomic E-state index is 0.00806. The molecule has 0 aliphatic carbocycles. The van der Waals surface area contributed by atoms with E-state index in [0.29, 0.717) is 11.4 Å². The number of hydrogen-bond donors (Lipinski definition) is 1. The highest BCUT2D eigenvalue weighted by Gasteiger charge is 2.40. The van der Waals surface area contributed by atoms with Crippen molar-refractivity contribution in [3.63, 3.8) is 0 Å². The van der Waals surface area contributed by atoms with Crippen LogP contribution in [-0.2, 0) is 9.59 Å². The molecule has 3 rings (SSSR count). The van der Waals surface area contributed by atoms with Gasteiger partial charge in [-0.3, -0.25) is 9.59 Å². The summed E-state index contributed by atoms with van der Waals surface area (Å²) in [6, 6.07) is 10.1.